The number of rotatable bonds is 4. The quantitative estimate of drug-likeness (QED) is 0.586. The average molecular weight is 481 g/mol. The summed E-state index contributed by atoms with van der Waals surface area (Å²) in [5, 5.41) is 31.4. The molecule has 2 saturated heterocycles. The standard InChI is InChI=1S/C25H29FN6O3/c1-24-7-8-25(2,32(24)35)13-15(12-24)31(4)22-6-5-19(28-29-22)17-9-18(26)16(10-21(17)33)20-11-23(34)30(3)14-27-20/h5-6,9-11,14-15,33,35H,7-8,12-13H2,1-4H3/t15?,24-,25+. The van der Waals surface area contributed by atoms with Crippen LogP contribution in [0.4, 0.5) is 10.2 Å². The van der Waals surface area contributed by atoms with E-state index >= 15 is 0 Å². The molecule has 2 bridgehead atoms. The molecule has 35 heavy (non-hydrogen) atoms. The fourth-order valence-corrected chi connectivity index (χ4v) is 5.56. The molecular formula is C25H29FN6O3. The van der Waals surface area contributed by atoms with E-state index in [9.17, 15) is 19.5 Å². The van der Waals surface area contributed by atoms with Crippen LogP contribution in [0.5, 0.6) is 5.75 Å². The topological polar surface area (TPSA) is 108 Å². The highest BCUT2D eigenvalue weighted by molar-refractivity contribution is 5.73. The number of halogens is 1. The average Bonchev–Trinajstić information content (AvgIpc) is 2.96. The van der Waals surface area contributed by atoms with Crippen LogP contribution in [0.25, 0.3) is 22.5 Å². The predicted octanol–water partition coefficient (Wildman–Crippen LogP) is 3.35. The van der Waals surface area contributed by atoms with Crippen LogP contribution in [0.1, 0.15) is 39.5 Å². The Bertz CT molecular complexity index is 1330. The molecule has 0 spiro atoms. The molecule has 0 radical (unpaired) electrons. The third-order valence-corrected chi connectivity index (χ3v) is 7.75. The summed E-state index contributed by atoms with van der Waals surface area (Å²) >= 11 is 0. The number of hydroxylamine groups is 2. The van der Waals surface area contributed by atoms with Gasteiger partial charge in [-0.15, -0.1) is 10.2 Å². The highest BCUT2D eigenvalue weighted by Crippen LogP contribution is 2.50. The summed E-state index contributed by atoms with van der Waals surface area (Å²) in [4.78, 5) is 18.0. The first-order valence-electron chi connectivity index (χ1n) is 11.6. The van der Waals surface area contributed by atoms with Crippen molar-refractivity contribution >= 4 is 5.82 Å². The lowest BCUT2D eigenvalue weighted by Gasteiger charge is -2.49. The normalized spacial score (nSPS) is 26.2. The van der Waals surface area contributed by atoms with E-state index in [0.717, 1.165) is 25.7 Å². The molecule has 1 unspecified atom stereocenters. The second-order valence-corrected chi connectivity index (χ2v) is 10.3. The predicted molar refractivity (Wildman–Crippen MR) is 129 cm³/mol. The zero-order valence-electron chi connectivity index (χ0n) is 20.2. The minimum atomic E-state index is -0.630. The van der Waals surface area contributed by atoms with Gasteiger partial charge >= 0.3 is 0 Å². The van der Waals surface area contributed by atoms with Crippen LogP contribution in [0.3, 0.4) is 0 Å². The number of phenolic OH excluding ortho intramolecular Hbond substituents is 1. The number of phenols is 1. The Hall–Kier alpha value is -3.37. The summed E-state index contributed by atoms with van der Waals surface area (Å²) in [6, 6.07) is 7.32. The van der Waals surface area contributed by atoms with E-state index in [2.05, 4.69) is 33.9 Å². The fourth-order valence-electron chi connectivity index (χ4n) is 5.56. The molecule has 184 valence electrons. The van der Waals surface area contributed by atoms with Gasteiger partial charge in [0.1, 0.15) is 11.6 Å². The summed E-state index contributed by atoms with van der Waals surface area (Å²) < 4.78 is 16.2. The van der Waals surface area contributed by atoms with Crippen LogP contribution in [0.2, 0.25) is 0 Å². The van der Waals surface area contributed by atoms with Crippen LogP contribution in [0.15, 0.2) is 41.5 Å². The van der Waals surface area contributed by atoms with Gasteiger partial charge in [-0.05, 0) is 63.8 Å². The maximum absolute atomic E-state index is 14.9. The molecule has 2 aliphatic heterocycles. The van der Waals surface area contributed by atoms with Gasteiger partial charge in [-0.2, -0.15) is 5.06 Å². The smallest absolute Gasteiger partial charge is 0.253 e. The maximum Gasteiger partial charge on any atom is 0.253 e. The lowest BCUT2D eigenvalue weighted by molar-refractivity contribution is -0.223. The molecule has 5 rings (SSSR count). The van der Waals surface area contributed by atoms with Gasteiger partial charge in [0.2, 0.25) is 0 Å². The van der Waals surface area contributed by atoms with Crippen LogP contribution in [-0.4, -0.2) is 59.3 Å². The number of hydrogen-bond acceptors (Lipinski definition) is 8. The van der Waals surface area contributed by atoms with Crippen molar-refractivity contribution in [1.29, 1.82) is 0 Å². The van der Waals surface area contributed by atoms with Crippen LogP contribution >= 0.6 is 0 Å². The van der Waals surface area contributed by atoms with Crippen molar-refractivity contribution < 1.29 is 14.7 Å². The number of aromatic nitrogens is 4. The van der Waals surface area contributed by atoms with E-state index in [1.165, 1.54) is 29.1 Å². The highest BCUT2D eigenvalue weighted by atomic mass is 19.1. The zero-order valence-corrected chi connectivity index (χ0v) is 20.2. The Balaban J connectivity index is 1.39. The van der Waals surface area contributed by atoms with Crippen molar-refractivity contribution in [1.82, 2.24) is 24.8 Å². The van der Waals surface area contributed by atoms with Gasteiger partial charge < -0.3 is 19.8 Å². The van der Waals surface area contributed by atoms with E-state index in [4.69, 9.17) is 0 Å². The molecule has 2 aliphatic rings. The molecule has 2 fully saturated rings. The number of benzene rings is 1. The molecule has 10 heteroatoms. The SMILES string of the molecule is CN(c1ccc(-c2cc(F)c(-c3cc(=O)n(C)cn3)cc2O)nn1)C1C[C@]2(C)CC[C@](C)(C1)N2O. The minimum Gasteiger partial charge on any atom is -0.507 e. The molecule has 0 aliphatic carbocycles. The summed E-state index contributed by atoms with van der Waals surface area (Å²) in [7, 11) is 3.52. The molecule has 2 N–H and O–H groups in total. The van der Waals surface area contributed by atoms with E-state index in [1.54, 1.807) is 24.2 Å². The van der Waals surface area contributed by atoms with Crippen LogP contribution in [-0.2, 0) is 7.05 Å². The summed E-state index contributed by atoms with van der Waals surface area (Å²) in [6.07, 6.45) is 4.82. The lowest BCUT2D eigenvalue weighted by atomic mass is 9.83. The first-order valence-corrected chi connectivity index (χ1v) is 11.6. The Morgan fingerprint density at radius 1 is 1.06 bits per heavy atom. The lowest BCUT2D eigenvalue weighted by Crippen LogP contribution is -2.59. The Morgan fingerprint density at radius 3 is 2.34 bits per heavy atom. The minimum absolute atomic E-state index is 0.0279. The van der Waals surface area contributed by atoms with Gasteiger partial charge in [-0.25, -0.2) is 9.37 Å². The third kappa shape index (κ3) is 3.86. The van der Waals surface area contributed by atoms with E-state index in [1.807, 2.05) is 7.05 Å². The Morgan fingerprint density at radius 2 is 1.74 bits per heavy atom. The maximum atomic E-state index is 14.9. The molecule has 2 aromatic heterocycles. The molecule has 3 aromatic rings. The largest absolute Gasteiger partial charge is 0.507 e. The number of anilines is 1. The summed E-state index contributed by atoms with van der Waals surface area (Å²) in [5.74, 6) is -0.154. The molecule has 0 saturated carbocycles. The molecule has 1 aromatic carbocycles. The van der Waals surface area contributed by atoms with Crippen LogP contribution in [0, 0.1) is 5.82 Å². The molecular weight excluding hydrogens is 451 g/mol. The number of aromatic hydroxyl groups is 1. The summed E-state index contributed by atoms with van der Waals surface area (Å²) in [5.41, 5.74) is -0.163. The monoisotopic (exact) mass is 480 g/mol. The number of piperidine rings is 1. The molecule has 4 heterocycles. The molecule has 9 nitrogen and oxygen atoms in total. The van der Waals surface area contributed by atoms with Gasteiger partial charge in [-0.3, -0.25) is 4.79 Å². The first-order chi connectivity index (χ1) is 16.5. The van der Waals surface area contributed by atoms with Gasteiger partial charge in [0, 0.05) is 48.4 Å². The van der Waals surface area contributed by atoms with Crippen molar-refractivity contribution in [2.75, 3.05) is 11.9 Å². The van der Waals surface area contributed by atoms with Crippen molar-refractivity contribution in [3.05, 3.63) is 52.8 Å². The molecule has 0 amide bonds. The highest BCUT2D eigenvalue weighted by Gasteiger charge is 2.56. The van der Waals surface area contributed by atoms with E-state index in [0.29, 0.717) is 11.5 Å². The number of aryl methyl sites for hydroxylation is 1. The van der Waals surface area contributed by atoms with Crippen LogP contribution < -0.4 is 10.5 Å². The third-order valence-electron chi connectivity index (χ3n) is 7.75. The van der Waals surface area contributed by atoms with Gasteiger partial charge in [-0.1, -0.05) is 0 Å². The van der Waals surface area contributed by atoms with Gasteiger partial charge in [0.15, 0.2) is 5.82 Å². The van der Waals surface area contributed by atoms with Gasteiger partial charge in [0.25, 0.3) is 5.56 Å². The summed E-state index contributed by atoms with van der Waals surface area (Å²) in [6.45, 7) is 4.19. The van der Waals surface area contributed by atoms with Crippen molar-refractivity contribution in [3.63, 3.8) is 0 Å². The number of hydrogen-bond donors (Lipinski definition) is 2. The second-order valence-electron chi connectivity index (χ2n) is 10.3. The van der Waals surface area contributed by atoms with Crippen molar-refractivity contribution in [3.8, 4) is 28.3 Å². The van der Waals surface area contributed by atoms with E-state index < -0.39 is 5.82 Å². The first kappa shape index (κ1) is 23.4. The fraction of sp³-hybridized carbons (Fsp3) is 0.440. The second kappa shape index (κ2) is 8.10. The van der Waals surface area contributed by atoms with E-state index in [-0.39, 0.29) is 45.2 Å². The van der Waals surface area contributed by atoms with Crippen molar-refractivity contribution in [2.45, 2.75) is 56.7 Å². The zero-order chi connectivity index (χ0) is 25.1. The molecule has 3 atom stereocenters. The Labute approximate surface area is 202 Å². The number of nitrogens with zero attached hydrogens (tertiary/aromatic N) is 6. The Kier molecular flexibility index (Phi) is 5.41. The van der Waals surface area contributed by atoms with Crippen molar-refractivity contribution in [2.24, 2.45) is 7.05 Å². The van der Waals surface area contributed by atoms with Gasteiger partial charge in [0.05, 0.1) is 17.7 Å². The number of fused-ring (bicyclic) bond motifs is 2.